The minimum atomic E-state index is -2.92. The number of rotatable bonds is 9. The van der Waals surface area contributed by atoms with E-state index in [0.717, 1.165) is 4.90 Å². The van der Waals surface area contributed by atoms with Gasteiger partial charge in [0.05, 0.1) is 5.75 Å². The molecule has 1 atom stereocenters. The summed E-state index contributed by atoms with van der Waals surface area (Å²) in [6.07, 6.45) is 1.26. The maximum absolute atomic E-state index is 13.0. The molecule has 1 rings (SSSR count). The van der Waals surface area contributed by atoms with Crippen LogP contribution >= 0.6 is 11.8 Å². The van der Waals surface area contributed by atoms with Crippen LogP contribution in [0.2, 0.25) is 0 Å². The van der Waals surface area contributed by atoms with Crippen molar-refractivity contribution in [3.8, 4) is 0 Å². The molecule has 0 aliphatic heterocycles. The standard InChI is InChI=1S/C13H21FN2O2S2/c1-2-20(17,18)8-4-6-12(16-15)10-19-13-7-3-5-11(14)9-13/h3,5,7,9,12,16H,2,4,6,8,10,15H2,1H3. The van der Waals surface area contributed by atoms with Crippen LogP contribution in [0.5, 0.6) is 0 Å². The van der Waals surface area contributed by atoms with E-state index in [1.807, 2.05) is 6.07 Å². The van der Waals surface area contributed by atoms with Crippen LogP contribution in [0, 0.1) is 5.82 Å². The van der Waals surface area contributed by atoms with E-state index in [9.17, 15) is 12.8 Å². The second-order valence-electron chi connectivity index (χ2n) is 4.51. The van der Waals surface area contributed by atoms with E-state index in [4.69, 9.17) is 5.84 Å². The highest BCUT2D eigenvalue weighted by Gasteiger charge is 2.11. The largest absolute Gasteiger partial charge is 0.271 e. The van der Waals surface area contributed by atoms with Crippen LogP contribution in [0.1, 0.15) is 19.8 Å². The molecule has 0 aliphatic carbocycles. The zero-order chi connectivity index (χ0) is 15.0. The van der Waals surface area contributed by atoms with Crippen LogP contribution in [0.15, 0.2) is 29.2 Å². The molecule has 0 bridgehead atoms. The lowest BCUT2D eigenvalue weighted by Gasteiger charge is -2.15. The van der Waals surface area contributed by atoms with Gasteiger partial charge in [-0.05, 0) is 31.0 Å². The van der Waals surface area contributed by atoms with Gasteiger partial charge in [-0.1, -0.05) is 13.0 Å². The minimum absolute atomic E-state index is 0.00956. The number of nitrogens with one attached hydrogen (secondary N) is 1. The molecule has 7 heteroatoms. The van der Waals surface area contributed by atoms with Gasteiger partial charge in [0.25, 0.3) is 0 Å². The van der Waals surface area contributed by atoms with Crippen LogP contribution in [0.3, 0.4) is 0 Å². The van der Waals surface area contributed by atoms with Gasteiger partial charge in [0, 0.05) is 22.4 Å². The van der Waals surface area contributed by atoms with Crippen LogP contribution < -0.4 is 11.3 Å². The second-order valence-corrected chi connectivity index (χ2v) is 8.08. The van der Waals surface area contributed by atoms with Gasteiger partial charge < -0.3 is 0 Å². The van der Waals surface area contributed by atoms with E-state index in [2.05, 4.69) is 5.43 Å². The lowest BCUT2D eigenvalue weighted by atomic mass is 10.2. The summed E-state index contributed by atoms with van der Waals surface area (Å²) >= 11 is 1.50. The second kappa shape index (κ2) is 8.61. The summed E-state index contributed by atoms with van der Waals surface area (Å²) in [5.74, 6) is 6.23. The summed E-state index contributed by atoms with van der Waals surface area (Å²) in [6.45, 7) is 1.65. The zero-order valence-corrected chi connectivity index (χ0v) is 13.1. The Bertz CT molecular complexity index is 509. The number of thioether (sulfide) groups is 1. The Morgan fingerprint density at radius 3 is 2.80 bits per heavy atom. The lowest BCUT2D eigenvalue weighted by Crippen LogP contribution is -2.37. The highest BCUT2D eigenvalue weighted by atomic mass is 32.2. The van der Waals surface area contributed by atoms with Gasteiger partial charge in [-0.2, -0.15) is 0 Å². The van der Waals surface area contributed by atoms with Crippen molar-refractivity contribution in [1.29, 1.82) is 0 Å². The van der Waals surface area contributed by atoms with E-state index in [0.29, 0.717) is 18.6 Å². The third-order valence-electron chi connectivity index (χ3n) is 2.93. The topological polar surface area (TPSA) is 72.2 Å². The Morgan fingerprint density at radius 2 is 2.20 bits per heavy atom. The smallest absolute Gasteiger partial charge is 0.150 e. The molecule has 114 valence electrons. The minimum Gasteiger partial charge on any atom is -0.271 e. The number of halogens is 1. The van der Waals surface area contributed by atoms with E-state index in [1.165, 1.54) is 23.9 Å². The summed E-state index contributed by atoms with van der Waals surface area (Å²) in [5.41, 5.74) is 2.68. The number of hydrogen-bond donors (Lipinski definition) is 2. The SMILES string of the molecule is CCS(=O)(=O)CCCC(CSc1cccc(F)c1)NN. The van der Waals surface area contributed by atoms with Gasteiger partial charge >= 0.3 is 0 Å². The molecule has 3 N–H and O–H groups in total. The number of hydrazine groups is 1. The third-order valence-corrected chi connectivity index (χ3v) is 5.88. The van der Waals surface area contributed by atoms with Crippen molar-refractivity contribution < 1.29 is 12.8 Å². The van der Waals surface area contributed by atoms with Crippen LogP contribution in [-0.4, -0.2) is 31.7 Å². The molecule has 1 aromatic carbocycles. The summed E-state index contributed by atoms with van der Waals surface area (Å²) in [5, 5.41) is 0. The van der Waals surface area contributed by atoms with Crippen LogP contribution in [0.25, 0.3) is 0 Å². The van der Waals surface area contributed by atoms with Crippen molar-refractivity contribution in [2.45, 2.75) is 30.7 Å². The van der Waals surface area contributed by atoms with Crippen molar-refractivity contribution in [1.82, 2.24) is 5.43 Å². The molecule has 0 fully saturated rings. The fourth-order valence-corrected chi connectivity index (χ4v) is 3.58. The molecular formula is C13H21FN2O2S2. The highest BCUT2D eigenvalue weighted by Crippen LogP contribution is 2.20. The number of sulfone groups is 1. The molecule has 0 aromatic heterocycles. The van der Waals surface area contributed by atoms with E-state index >= 15 is 0 Å². The van der Waals surface area contributed by atoms with E-state index in [-0.39, 0.29) is 23.4 Å². The Morgan fingerprint density at radius 1 is 1.45 bits per heavy atom. The molecule has 1 aromatic rings. The Hall–Kier alpha value is -0.630. The first-order chi connectivity index (χ1) is 9.46. The normalized spacial score (nSPS) is 13.3. The zero-order valence-electron chi connectivity index (χ0n) is 11.5. The predicted molar refractivity (Wildman–Crippen MR) is 81.8 cm³/mol. The maximum Gasteiger partial charge on any atom is 0.150 e. The van der Waals surface area contributed by atoms with E-state index in [1.54, 1.807) is 13.0 Å². The summed E-state index contributed by atoms with van der Waals surface area (Å²) < 4.78 is 35.8. The molecule has 0 saturated heterocycles. The molecule has 4 nitrogen and oxygen atoms in total. The third kappa shape index (κ3) is 6.69. The predicted octanol–water partition coefficient (Wildman–Crippen LogP) is 1.96. The molecular weight excluding hydrogens is 299 g/mol. The van der Waals surface area contributed by atoms with Gasteiger partial charge in [0.1, 0.15) is 15.7 Å². The maximum atomic E-state index is 13.0. The molecule has 0 amide bonds. The summed E-state index contributed by atoms with van der Waals surface area (Å²) in [6, 6.07) is 6.38. The van der Waals surface area contributed by atoms with Crippen LogP contribution in [-0.2, 0) is 9.84 Å². The van der Waals surface area contributed by atoms with Crippen molar-refractivity contribution in [3.63, 3.8) is 0 Å². The number of nitrogens with two attached hydrogens (primary N) is 1. The molecule has 0 aliphatic rings. The van der Waals surface area contributed by atoms with Gasteiger partial charge in [-0.3, -0.25) is 11.3 Å². The number of benzene rings is 1. The molecule has 1 unspecified atom stereocenters. The van der Waals surface area contributed by atoms with Gasteiger partial charge in [0.2, 0.25) is 0 Å². The average molecular weight is 320 g/mol. The van der Waals surface area contributed by atoms with Crippen molar-refractivity contribution >= 4 is 21.6 Å². The van der Waals surface area contributed by atoms with Crippen molar-refractivity contribution in [2.75, 3.05) is 17.3 Å². The molecule has 0 heterocycles. The molecule has 0 spiro atoms. The van der Waals surface area contributed by atoms with Gasteiger partial charge in [-0.25, -0.2) is 12.8 Å². The molecule has 0 radical (unpaired) electrons. The first-order valence-corrected chi connectivity index (χ1v) is 9.32. The van der Waals surface area contributed by atoms with E-state index < -0.39 is 9.84 Å². The first-order valence-electron chi connectivity index (χ1n) is 6.51. The van der Waals surface area contributed by atoms with Crippen LogP contribution in [0.4, 0.5) is 4.39 Å². The fourth-order valence-electron chi connectivity index (χ4n) is 1.66. The average Bonchev–Trinajstić information content (AvgIpc) is 2.42. The first kappa shape index (κ1) is 17.4. The van der Waals surface area contributed by atoms with Gasteiger partial charge in [-0.15, -0.1) is 11.8 Å². The molecule has 0 saturated carbocycles. The van der Waals surface area contributed by atoms with Crippen molar-refractivity contribution in [3.05, 3.63) is 30.1 Å². The highest BCUT2D eigenvalue weighted by molar-refractivity contribution is 7.99. The van der Waals surface area contributed by atoms with Gasteiger partial charge in [0.15, 0.2) is 0 Å². The Kier molecular flexibility index (Phi) is 7.50. The number of hydrogen-bond acceptors (Lipinski definition) is 5. The monoisotopic (exact) mass is 320 g/mol. The Labute approximate surface area is 124 Å². The quantitative estimate of drug-likeness (QED) is 0.413. The summed E-state index contributed by atoms with van der Waals surface area (Å²) in [4.78, 5) is 0.839. The summed E-state index contributed by atoms with van der Waals surface area (Å²) in [7, 11) is -2.92. The fraction of sp³-hybridized carbons (Fsp3) is 0.538. The Balaban J connectivity index is 2.36. The molecule has 20 heavy (non-hydrogen) atoms. The lowest BCUT2D eigenvalue weighted by molar-refractivity contribution is 0.528. The van der Waals surface area contributed by atoms with Crippen molar-refractivity contribution in [2.24, 2.45) is 5.84 Å².